The van der Waals surface area contributed by atoms with Crippen molar-refractivity contribution < 1.29 is 9.59 Å². The third-order valence-corrected chi connectivity index (χ3v) is 4.60. The summed E-state index contributed by atoms with van der Waals surface area (Å²) in [6.07, 6.45) is 5.31. The van der Waals surface area contributed by atoms with Gasteiger partial charge in [-0.15, -0.1) is 0 Å². The number of anilines is 1. The molecule has 3 rings (SSSR count). The van der Waals surface area contributed by atoms with Gasteiger partial charge in [-0.05, 0) is 50.2 Å². The number of benzene rings is 1. The van der Waals surface area contributed by atoms with Crippen LogP contribution in [0.25, 0.3) is 0 Å². The van der Waals surface area contributed by atoms with Crippen molar-refractivity contribution in [1.82, 2.24) is 15.2 Å². The first kappa shape index (κ1) is 18.1. The lowest BCUT2D eigenvalue weighted by Crippen LogP contribution is -2.38. The zero-order chi connectivity index (χ0) is 18.4. The Labute approximate surface area is 153 Å². The van der Waals surface area contributed by atoms with Crippen LogP contribution in [0.5, 0.6) is 0 Å². The highest BCUT2D eigenvalue weighted by Crippen LogP contribution is 2.20. The van der Waals surface area contributed by atoms with Gasteiger partial charge in [0.15, 0.2) is 0 Å². The number of nitrogens with one attached hydrogen (secondary N) is 2. The van der Waals surface area contributed by atoms with Crippen molar-refractivity contribution in [2.24, 2.45) is 5.92 Å². The number of para-hydroxylation sites is 1. The molecule has 0 aliphatic carbocycles. The summed E-state index contributed by atoms with van der Waals surface area (Å²) in [5.74, 6) is -0.283. The number of hydrogen-bond donors (Lipinski definition) is 2. The quantitative estimate of drug-likeness (QED) is 0.866. The van der Waals surface area contributed by atoms with Gasteiger partial charge in [0.05, 0.1) is 17.2 Å². The molecule has 2 N–H and O–H groups in total. The Balaban J connectivity index is 1.65. The summed E-state index contributed by atoms with van der Waals surface area (Å²) in [5.41, 5.74) is 1.94. The minimum absolute atomic E-state index is 0.0240. The Bertz CT molecular complexity index is 763. The molecule has 0 saturated carbocycles. The fraction of sp³-hybridized carbons (Fsp3) is 0.350. The van der Waals surface area contributed by atoms with E-state index in [4.69, 9.17) is 0 Å². The SMILES string of the molecule is CN1CCC[C@@H](C(=O)Nc2ccccc2C(=O)NCc2cccnc2)C1. The maximum absolute atomic E-state index is 12.6. The molecule has 26 heavy (non-hydrogen) atoms. The molecule has 1 saturated heterocycles. The summed E-state index contributed by atoms with van der Waals surface area (Å²) in [6, 6.07) is 10.8. The van der Waals surface area contributed by atoms with E-state index in [0.29, 0.717) is 17.8 Å². The zero-order valence-electron chi connectivity index (χ0n) is 14.9. The van der Waals surface area contributed by atoms with Crippen LogP contribution < -0.4 is 10.6 Å². The van der Waals surface area contributed by atoms with Gasteiger partial charge >= 0.3 is 0 Å². The lowest BCUT2D eigenvalue weighted by Gasteiger charge is -2.28. The van der Waals surface area contributed by atoms with Gasteiger partial charge in [0.2, 0.25) is 5.91 Å². The number of nitrogens with zero attached hydrogens (tertiary/aromatic N) is 2. The molecule has 2 heterocycles. The maximum Gasteiger partial charge on any atom is 0.253 e. The standard InChI is InChI=1S/C20H24N4O2/c1-24-11-5-7-16(14-24)19(25)23-18-9-3-2-8-17(18)20(26)22-13-15-6-4-10-21-12-15/h2-4,6,8-10,12,16H,5,7,11,13-14H2,1H3,(H,22,26)(H,23,25)/t16-/m1/s1. The first-order valence-electron chi connectivity index (χ1n) is 8.89. The van der Waals surface area contributed by atoms with Crippen LogP contribution in [0.3, 0.4) is 0 Å². The molecule has 6 heteroatoms. The molecular formula is C20H24N4O2. The minimum atomic E-state index is -0.217. The summed E-state index contributed by atoms with van der Waals surface area (Å²) in [5, 5.41) is 5.82. The smallest absolute Gasteiger partial charge is 0.253 e. The minimum Gasteiger partial charge on any atom is -0.348 e. The van der Waals surface area contributed by atoms with Gasteiger partial charge in [-0.3, -0.25) is 14.6 Å². The molecule has 0 bridgehead atoms. The summed E-state index contributed by atoms with van der Waals surface area (Å²) in [4.78, 5) is 31.4. The molecule has 0 radical (unpaired) electrons. The van der Waals surface area contributed by atoms with Crippen molar-refractivity contribution in [2.45, 2.75) is 19.4 Å². The fourth-order valence-corrected chi connectivity index (χ4v) is 3.19. The number of hydrogen-bond acceptors (Lipinski definition) is 4. The van der Waals surface area contributed by atoms with Crippen LogP contribution in [0.1, 0.15) is 28.8 Å². The van der Waals surface area contributed by atoms with E-state index in [1.54, 1.807) is 30.6 Å². The van der Waals surface area contributed by atoms with E-state index in [-0.39, 0.29) is 17.7 Å². The van der Waals surface area contributed by atoms with Crippen LogP contribution in [0, 0.1) is 5.92 Å². The molecule has 1 fully saturated rings. The molecule has 0 spiro atoms. The number of pyridine rings is 1. The van der Waals surface area contributed by atoms with E-state index in [9.17, 15) is 9.59 Å². The van der Waals surface area contributed by atoms with Crippen LogP contribution >= 0.6 is 0 Å². The molecular weight excluding hydrogens is 328 g/mol. The number of aromatic nitrogens is 1. The molecule has 136 valence electrons. The molecule has 1 aliphatic heterocycles. The third kappa shape index (κ3) is 4.67. The average Bonchev–Trinajstić information content (AvgIpc) is 2.67. The number of carbonyl (C=O) groups excluding carboxylic acids is 2. The highest BCUT2D eigenvalue weighted by molar-refractivity contribution is 6.04. The fourth-order valence-electron chi connectivity index (χ4n) is 3.19. The summed E-state index contributed by atoms with van der Waals surface area (Å²) < 4.78 is 0. The maximum atomic E-state index is 12.6. The predicted octanol–water partition coefficient (Wildman–Crippen LogP) is 2.29. The second-order valence-corrected chi connectivity index (χ2v) is 6.68. The summed E-state index contributed by atoms with van der Waals surface area (Å²) in [7, 11) is 2.03. The van der Waals surface area contributed by atoms with E-state index in [1.165, 1.54) is 0 Å². The van der Waals surface area contributed by atoms with E-state index < -0.39 is 0 Å². The van der Waals surface area contributed by atoms with Crippen molar-refractivity contribution in [2.75, 3.05) is 25.5 Å². The average molecular weight is 352 g/mol. The first-order chi connectivity index (χ1) is 12.6. The van der Waals surface area contributed by atoms with Gasteiger partial charge in [-0.1, -0.05) is 18.2 Å². The number of piperidine rings is 1. The molecule has 1 aromatic heterocycles. The lowest BCUT2D eigenvalue weighted by molar-refractivity contribution is -0.121. The molecule has 2 amide bonds. The van der Waals surface area contributed by atoms with E-state index >= 15 is 0 Å². The van der Waals surface area contributed by atoms with Crippen LogP contribution in [-0.2, 0) is 11.3 Å². The molecule has 1 aliphatic rings. The van der Waals surface area contributed by atoms with E-state index in [2.05, 4.69) is 20.5 Å². The Kier molecular flexibility index (Phi) is 5.96. The topological polar surface area (TPSA) is 74.3 Å². The van der Waals surface area contributed by atoms with Gasteiger partial charge in [0.1, 0.15) is 0 Å². The molecule has 0 unspecified atom stereocenters. The number of rotatable bonds is 5. The van der Waals surface area contributed by atoms with Gasteiger partial charge in [-0.2, -0.15) is 0 Å². The molecule has 1 atom stereocenters. The molecule has 2 aromatic rings. The second-order valence-electron chi connectivity index (χ2n) is 6.68. The van der Waals surface area contributed by atoms with Gasteiger partial charge in [0.25, 0.3) is 5.91 Å². The van der Waals surface area contributed by atoms with Gasteiger partial charge in [0, 0.05) is 25.5 Å². The third-order valence-electron chi connectivity index (χ3n) is 4.60. The second kappa shape index (κ2) is 8.58. The van der Waals surface area contributed by atoms with Crippen LogP contribution in [0.15, 0.2) is 48.8 Å². The zero-order valence-corrected chi connectivity index (χ0v) is 14.9. The van der Waals surface area contributed by atoms with Crippen LogP contribution in [0.2, 0.25) is 0 Å². The Morgan fingerprint density at radius 3 is 2.85 bits per heavy atom. The van der Waals surface area contributed by atoms with Crippen molar-refractivity contribution in [3.8, 4) is 0 Å². The Morgan fingerprint density at radius 1 is 1.23 bits per heavy atom. The highest BCUT2D eigenvalue weighted by Gasteiger charge is 2.25. The van der Waals surface area contributed by atoms with Crippen molar-refractivity contribution in [3.63, 3.8) is 0 Å². The molecule has 1 aromatic carbocycles. The van der Waals surface area contributed by atoms with Crippen molar-refractivity contribution in [1.29, 1.82) is 0 Å². The largest absolute Gasteiger partial charge is 0.348 e. The summed E-state index contributed by atoms with van der Waals surface area (Å²) >= 11 is 0. The first-order valence-corrected chi connectivity index (χ1v) is 8.89. The number of carbonyl (C=O) groups is 2. The predicted molar refractivity (Wildman–Crippen MR) is 101 cm³/mol. The van der Waals surface area contributed by atoms with E-state index in [0.717, 1.165) is 31.5 Å². The van der Waals surface area contributed by atoms with Crippen molar-refractivity contribution >= 4 is 17.5 Å². The molecule has 6 nitrogen and oxygen atoms in total. The lowest BCUT2D eigenvalue weighted by atomic mass is 9.97. The number of likely N-dealkylation sites (tertiary alicyclic amines) is 1. The highest BCUT2D eigenvalue weighted by atomic mass is 16.2. The monoisotopic (exact) mass is 352 g/mol. The van der Waals surface area contributed by atoms with Crippen molar-refractivity contribution in [3.05, 3.63) is 59.9 Å². The van der Waals surface area contributed by atoms with Crippen LogP contribution in [-0.4, -0.2) is 41.8 Å². The van der Waals surface area contributed by atoms with E-state index in [1.807, 2.05) is 25.2 Å². The Hall–Kier alpha value is -2.73. The van der Waals surface area contributed by atoms with Crippen LogP contribution in [0.4, 0.5) is 5.69 Å². The van der Waals surface area contributed by atoms with Gasteiger partial charge in [-0.25, -0.2) is 0 Å². The Morgan fingerprint density at radius 2 is 2.08 bits per heavy atom. The summed E-state index contributed by atoms with van der Waals surface area (Å²) in [6.45, 7) is 2.17. The number of amides is 2. The van der Waals surface area contributed by atoms with Gasteiger partial charge < -0.3 is 15.5 Å². The normalized spacial score (nSPS) is 17.5.